The lowest BCUT2D eigenvalue weighted by molar-refractivity contribution is 0.406. The van der Waals surface area contributed by atoms with Crippen LogP contribution in [0.1, 0.15) is 32.9 Å². The fraction of sp³-hybridized carbons (Fsp3) is 0.571. The van der Waals surface area contributed by atoms with Gasteiger partial charge in [-0.1, -0.05) is 13.8 Å². The van der Waals surface area contributed by atoms with E-state index in [1.54, 1.807) is 6.20 Å². The van der Waals surface area contributed by atoms with Crippen LogP contribution in [0, 0.1) is 12.8 Å². The van der Waals surface area contributed by atoms with Gasteiger partial charge in [0, 0.05) is 24.5 Å². The maximum atomic E-state index is 5.94. The maximum absolute atomic E-state index is 5.94. The van der Waals surface area contributed by atoms with Crippen LogP contribution in [0.3, 0.4) is 0 Å². The number of fused-ring (bicyclic) bond motifs is 1. The summed E-state index contributed by atoms with van der Waals surface area (Å²) >= 11 is 0. The van der Waals surface area contributed by atoms with Gasteiger partial charge < -0.3 is 11.1 Å². The van der Waals surface area contributed by atoms with Crippen LogP contribution in [0.2, 0.25) is 0 Å². The van der Waals surface area contributed by atoms with Crippen molar-refractivity contribution < 1.29 is 0 Å². The number of hydrogen-bond acceptors (Lipinski definition) is 4. The van der Waals surface area contributed by atoms with Crippen LogP contribution in [-0.4, -0.2) is 26.7 Å². The van der Waals surface area contributed by atoms with E-state index in [4.69, 9.17) is 5.73 Å². The van der Waals surface area contributed by atoms with Crippen molar-refractivity contribution in [1.82, 2.24) is 14.6 Å². The monoisotopic (exact) mass is 261 g/mol. The van der Waals surface area contributed by atoms with E-state index in [0.717, 1.165) is 23.4 Å². The van der Waals surface area contributed by atoms with Gasteiger partial charge in [-0.25, -0.2) is 9.50 Å². The number of anilines is 1. The zero-order chi connectivity index (χ0) is 14.0. The van der Waals surface area contributed by atoms with Crippen molar-refractivity contribution in [3.8, 4) is 0 Å². The van der Waals surface area contributed by atoms with Crippen molar-refractivity contribution in [3.63, 3.8) is 0 Å². The van der Waals surface area contributed by atoms with Crippen molar-refractivity contribution in [2.24, 2.45) is 11.7 Å². The van der Waals surface area contributed by atoms with Gasteiger partial charge >= 0.3 is 0 Å². The normalized spacial score (nSPS) is 14.8. The van der Waals surface area contributed by atoms with Crippen molar-refractivity contribution in [1.29, 1.82) is 0 Å². The Morgan fingerprint density at radius 3 is 2.84 bits per heavy atom. The van der Waals surface area contributed by atoms with Gasteiger partial charge in [-0.2, -0.15) is 5.10 Å². The molecule has 0 bridgehead atoms. The summed E-state index contributed by atoms with van der Waals surface area (Å²) in [6.45, 7) is 9.09. The first kappa shape index (κ1) is 13.8. The van der Waals surface area contributed by atoms with Gasteiger partial charge in [-0.05, 0) is 32.3 Å². The predicted molar refractivity (Wildman–Crippen MR) is 78.3 cm³/mol. The number of nitrogens with one attached hydrogen (secondary N) is 1. The Labute approximate surface area is 114 Å². The molecule has 2 aromatic heterocycles. The Kier molecular flexibility index (Phi) is 3.75. The lowest BCUT2D eigenvalue weighted by Crippen LogP contribution is -2.44. The number of aryl methyl sites for hydroxylation is 1. The average Bonchev–Trinajstić information content (AvgIpc) is 2.69. The molecule has 2 heterocycles. The third-order valence-corrected chi connectivity index (χ3v) is 3.24. The summed E-state index contributed by atoms with van der Waals surface area (Å²) in [4.78, 5) is 4.43. The Balaban J connectivity index is 2.34. The molecule has 0 aliphatic rings. The van der Waals surface area contributed by atoms with Gasteiger partial charge in [0.05, 0.1) is 5.69 Å². The highest BCUT2D eigenvalue weighted by molar-refractivity contribution is 5.68. The molecule has 0 aliphatic heterocycles. The molecule has 0 aromatic carbocycles. The van der Waals surface area contributed by atoms with Crippen LogP contribution in [0.5, 0.6) is 0 Å². The van der Waals surface area contributed by atoms with Gasteiger partial charge in [-0.15, -0.1) is 0 Å². The Hall–Kier alpha value is -1.62. The van der Waals surface area contributed by atoms with Gasteiger partial charge in [0.15, 0.2) is 5.82 Å². The molecule has 104 valence electrons. The number of nitrogens with zero attached hydrogens (tertiary/aromatic N) is 3. The molecule has 3 N–H and O–H groups in total. The largest absolute Gasteiger partial charge is 0.362 e. The zero-order valence-electron chi connectivity index (χ0n) is 12.1. The van der Waals surface area contributed by atoms with Crippen molar-refractivity contribution >= 4 is 11.3 Å². The lowest BCUT2D eigenvalue weighted by Gasteiger charge is -2.31. The molecule has 0 saturated carbocycles. The summed E-state index contributed by atoms with van der Waals surface area (Å²) in [7, 11) is 0. The molecule has 1 atom stereocenters. The lowest BCUT2D eigenvalue weighted by atomic mass is 9.91. The molecule has 0 amide bonds. The van der Waals surface area contributed by atoms with Gasteiger partial charge in [0.1, 0.15) is 5.52 Å². The minimum absolute atomic E-state index is 0.152. The molecule has 19 heavy (non-hydrogen) atoms. The number of nitrogens with two attached hydrogens (primary N) is 1. The molecular weight excluding hydrogens is 238 g/mol. The van der Waals surface area contributed by atoms with Crippen LogP contribution in [0.25, 0.3) is 5.52 Å². The third kappa shape index (κ3) is 3.04. The second-order valence-electron chi connectivity index (χ2n) is 5.88. The van der Waals surface area contributed by atoms with E-state index in [-0.39, 0.29) is 5.54 Å². The Bertz CT molecular complexity index is 560. The van der Waals surface area contributed by atoms with Crippen molar-refractivity contribution in [2.45, 2.75) is 39.7 Å². The van der Waals surface area contributed by atoms with E-state index in [1.165, 1.54) is 0 Å². The van der Waals surface area contributed by atoms with Gasteiger partial charge in [0.2, 0.25) is 0 Å². The zero-order valence-corrected chi connectivity index (χ0v) is 12.1. The minimum atomic E-state index is -0.152. The molecule has 0 spiro atoms. The molecule has 5 heteroatoms. The van der Waals surface area contributed by atoms with Crippen LogP contribution in [-0.2, 0) is 0 Å². The summed E-state index contributed by atoms with van der Waals surface area (Å²) < 4.78 is 1.84. The number of hydrogen-bond donors (Lipinski definition) is 2. The topological polar surface area (TPSA) is 68.2 Å². The molecular formula is C14H23N5. The molecule has 0 fully saturated rings. The van der Waals surface area contributed by atoms with E-state index in [0.29, 0.717) is 12.5 Å². The van der Waals surface area contributed by atoms with Gasteiger partial charge in [0.25, 0.3) is 0 Å². The van der Waals surface area contributed by atoms with Crippen LogP contribution >= 0.6 is 0 Å². The van der Waals surface area contributed by atoms with E-state index in [1.807, 2.05) is 23.7 Å². The maximum Gasteiger partial charge on any atom is 0.152 e. The van der Waals surface area contributed by atoms with Crippen LogP contribution in [0.15, 0.2) is 18.5 Å². The fourth-order valence-electron chi connectivity index (χ4n) is 2.51. The SMILES string of the molecule is Cc1cc2c(NC(C)(CN)CC(C)C)nccn2n1. The predicted octanol–water partition coefficient (Wildman–Crippen LogP) is 2.21. The van der Waals surface area contributed by atoms with Gasteiger partial charge in [-0.3, -0.25) is 0 Å². The third-order valence-electron chi connectivity index (χ3n) is 3.24. The minimum Gasteiger partial charge on any atom is -0.362 e. The molecule has 0 radical (unpaired) electrons. The standard InChI is InChI=1S/C14H23N5/c1-10(2)8-14(4,9-15)17-13-12-7-11(3)18-19(12)6-5-16-13/h5-7,10H,8-9,15H2,1-4H3,(H,16,17). The summed E-state index contributed by atoms with van der Waals surface area (Å²) in [6, 6.07) is 2.03. The summed E-state index contributed by atoms with van der Waals surface area (Å²) in [5, 5.41) is 7.89. The van der Waals surface area contributed by atoms with Crippen molar-refractivity contribution in [3.05, 3.63) is 24.2 Å². The highest BCUT2D eigenvalue weighted by Gasteiger charge is 2.25. The molecule has 0 aliphatic carbocycles. The molecule has 5 nitrogen and oxygen atoms in total. The number of aromatic nitrogens is 3. The van der Waals surface area contributed by atoms with E-state index >= 15 is 0 Å². The Morgan fingerprint density at radius 1 is 1.47 bits per heavy atom. The molecule has 2 rings (SSSR count). The summed E-state index contributed by atoms with van der Waals surface area (Å²) in [5.41, 5.74) is 7.76. The molecule has 2 aromatic rings. The van der Waals surface area contributed by atoms with E-state index < -0.39 is 0 Å². The average molecular weight is 261 g/mol. The van der Waals surface area contributed by atoms with Crippen LogP contribution in [0.4, 0.5) is 5.82 Å². The van der Waals surface area contributed by atoms with Crippen LogP contribution < -0.4 is 11.1 Å². The highest BCUT2D eigenvalue weighted by atomic mass is 15.2. The first-order valence-electron chi connectivity index (χ1n) is 6.73. The first-order chi connectivity index (χ1) is 8.93. The smallest absolute Gasteiger partial charge is 0.152 e. The quantitative estimate of drug-likeness (QED) is 0.866. The van der Waals surface area contributed by atoms with E-state index in [9.17, 15) is 0 Å². The Morgan fingerprint density at radius 2 is 2.21 bits per heavy atom. The fourth-order valence-corrected chi connectivity index (χ4v) is 2.51. The van der Waals surface area contributed by atoms with E-state index in [2.05, 4.69) is 36.2 Å². The molecule has 1 unspecified atom stereocenters. The number of rotatable bonds is 5. The van der Waals surface area contributed by atoms with Crippen molar-refractivity contribution in [2.75, 3.05) is 11.9 Å². The second-order valence-corrected chi connectivity index (χ2v) is 5.88. The summed E-state index contributed by atoms with van der Waals surface area (Å²) in [5.74, 6) is 1.42. The molecule has 0 saturated heterocycles. The second kappa shape index (κ2) is 5.17. The summed E-state index contributed by atoms with van der Waals surface area (Å²) in [6.07, 6.45) is 4.61. The highest BCUT2D eigenvalue weighted by Crippen LogP contribution is 2.23. The first-order valence-corrected chi connectivity index (χ1v) is 6.73.